The Labute approximate surface area is 188 Å². The van der Waals surface area contributed by atoms with Crippen molar-refractivity contribution in [3.63, 3.8) is 0 Å². The summed E-state index contributed by atoms with van der Waals surface area (Å²) in [4.78, 5) is 12.5. The van der Waals surface area contributed by atoms with Crippen LogP contribution < -0.4 is 19.1 Å². The minimum Gasteiger partial charge on any atom is -0.486 e. The van der Waals surface area contributed by atoms with Crippen molar-refractivity contribution in [1.82, 2.24) is 9.29 Å². The Hall–Kier alpha value is -3.14. The molecule has 0 amide bonds. The second-order valence-electron chi connectivity index (χ2n) is 7.42. The number of rotatable bonds is 6. The molecule has 0 fully saturated rings. The van der Waals surface area contributed by atoms with Crippen LogP contribution in [0, 0.1) is 0 Å². The molecule has 2 heterocycles. The van der Waals surface area contributed by atoms with Gasteiger partial charge in [0.25, 0.3) is 0 Å². The van der Waals surface area contributed by atoms with Gasteiger partial charge in [0.2, 0.25) is 10.0 Å². The molecule has 1 aliphatic heterocycles. The number of nitrogens with one attached hydrogen (secondary N) is 1. The zero-order valence-corrected chi connectivity index (χ0v) is 18.6. The summed E-state index contributed by atoms with van der Waals surface area (Å²) in [6.45, 7) is 0.757. The number of sulfonamides is 1. The van der Waals surface area contributed by atoms with Gasteiger partial charge in [0.15, 0.2) is 11.5 Å². The van der Waals surface area contributed by atoms with Gasteiger partial charge in [-0.05, 0) is 35.9 Å². The van der Waals surface area contributed by atoms with E-state index in [-0.39, 0.29) is 22.9 Å². The third-order valence-electron chi connectivity index (χ3n) is 5.20. The number of thiazole rings is 1. The third kappa shape index (κ3) is 4.14. The lowest BCUT2D eigenvalue weighted by Crippen LogP contribution is -2.40. The molecule has 5 rings (SSSR count). The molecule has 0 radical (unpaired) electrons. The lowest BCUT2D eigenvalue weighted by molar-refractivity contribution is 0.0943. The largest absolute Gasteiger partial charge is 0.486 e. The number of nitrogens with zero attached hydrogens (tertiary/aromatic N) is 1. The number of para-hydroxylation sites is 2. The lowest BCUT2D eigenvalue weighted by Gasteiger charge is -2.26. The number of aromatic nitrogens is 1. The highest BCUT2D eigenvalue weighted by Crippen LogP contribution is 2.31. The van der Waals surface area contributed by atoms with E-state index in [1.54, 1.807) is 28.8 Å². The number of benzene rings is 3. The van der Waals surface area contributed by atoms with Crippen molar-refractivity contribution in [2.75, 3.05) is 13.2 Å². The van der Waals surface area contributed by atoms with Gasteiger partial charge in [-0.3, -0.25) is 9.36 Å². The molecule has 0 aliphatic carbocycles. The molecule has 164 valence electrons. The van der Waals surface area contributed by atoms with E-state index in [9.17, 15) is 13.2 Å². The molecule has 0 saturated carbocycles. The van der Waals surface area contributed by atoms with Crippen molar-refractivity contribution in [3.8, 4) is 11.5 Å². The van der Waals surface area contributed by atoms with Crippen LogP contribution in [0.4, 0.5) is 0 Å². The molecular weight excluding hydrogens is 448 g/mol. The molecule has 4 aromatic rings. The number of hydrogen-bond donors (Lipinski definition) is 1. The second-order valence-corrected chi connectivity index (χ2v) is 10.2. The molecule has 1 aromatic heterocycles. The summed E-state index contributed by atoms with van der Waals surface area (Å²) in [5.74, 6) is 1.24. The topological polar surface area (TPSA) is 86.6 Å². The molecule has 0 unspecified atom stereocenters. The van der Waals surface area contributed by atoms with Crippen LogP contribution >= 0.6 is 11.3 Å². The first-order chi connectivity index (χ1) is 15.5. The predicted molar refractivity (Wildman–Crippen MR) is 123 cm³/mol. The molecule has 0 bridgehead atoms. The Bertz CT molecular complexity index is 1430. The first kappa shape index (κ1) is 20.7. The highest BCUT2D eigenvalue weighted by atomic mass is 32.2. The van der Waals surface area contributed by atoms with Crippen LogP contribution in [0.2, 0.25) is 0 Å². The number of fused-ring (bicyclic) bond motifs is 2. The van der Waals surface area contributed by atoms with Crippen LogP contribution in [0.15, 0.2) is 82.5 Å². The Morgan fingerprint density at radius 1 is 1.00 bits per heavy atom. The highest BCUT2D eigenvalue weighted by Gasteiger charge is 2.24. The first-order valence-electron chi connectivity index (χ1n) is 10.0. The molecule has 1 aliphatic rings. The van der Waals surface area contributed by atoms with Gasteiger partial charge in [0.05, 0.1) is 28.2 Å². The van der Waals surface area contributed by atoms with Crippen LogP contribution in [-0.4, -0.2) is 32.2 Å². The van der Waals surface area contributed by atoms with Gasteiger partial charge in [-0.15, -0.1) is 0 Å². The quantitative estimate of drug-likeness (QED) is 0.470. The second kappa shape index (κ2) is 8.42. The van der Waals surface area contributed by atoms with E-state index >= 15 is 0 Å². The van der Waals surface area contributed by atoms with Crippen LogP contribution in [0.3, 0.4) is 0 Å². The lowest BCUT2D eigenvalue weighted by atomic mass is 10.2. The van der Waals surface area contributed by atoms with Crippen molar-refractivity contribution in [3.05, 3.63) is 88.0 Å². The van der Waals surface area contributed by atoms with Crippen molar-refractivity contribution < 1.29 is 17.9 Å². The van der Waals surface area contributed by atoms with Crippen molar-refractivity contribution in [2.24, 2.45) is 0 Å². The van der Waals surface area contributed by atoms with Crippen molar-refractivity contribution >= 4 is 31.6 Å². The van der Waals surface area contributed by atoms with Gasteiger partial charge in [-0.1, -0.05) is 53.8 Å². The zero-order valence-electron chi connectivity index (χ0n) is 16.9. The van der Waals surface area contributed by atoms with E-state index in [0.29, 0.717) is 28.3 Å². The van der Waals surface area contributed by atoms with Crippen molar-refractivity contribution in [2.45, 2.75) is 17.5 Å². The van der Waals surface area contributed by atoms with Crippen LogP contribution in [0.1, 0.15) is 5.56 Å². The van der Waals surface area contributed by atoms with Gasteiger partial charge in [-0.25, -0.2) is 13.1 Å². The van der Waals surface area contributed by atoms with Gasteiger partial charge >= 0.3 is 4.87 Å². The average Bonchev–Trinajstić information content (AvgIpc) is 3.12. The molecule has 3 aromatic carbocycles. The average molecular weight is 469 g/mol. The fourth-order valence-corrected chi connectivity index (χ4v) is 5.68. The molecule has 1 N–H and O–H groups in total. The summed E-state index contributed by atoms with van der Waals surface area (Å²) < 4.78 is 42.0. The molecule has 32 heavy (non-hydrogen) atoms. The summed E-state index contributed by atoms with van der Waals surface area (Å²) in [6, 6.07) is 21.7. The Morgan fingerprint density at radius 3 is 2.56 bits per heavy atom. The predicted octanol–water partition coefficient (Wildman–Crippen LogP) is 3.23. The third-order valence-corrected chi connectivity index (χ3v) is 7.57. The van der Waals surface area contributed by atoms with Crippen LogP contribution in [0.5, 0.6) is 11.5 Å². The summed E-state index contributed by atoms with van der Waals surface area (Å²) >= 11 is 1.04. The van der Waals surface area contributed by atoms with Crippen LogP contribution in [0.25, 0.3) is 10.2 Å². The fraction of sp³-hybridized carbons (Fsp3) is 0.174. The summed E-state index contributed by atoms with van der Waals surface area (Å²) in [5, 5.41) is 0. The zero-order chi connectivity index (χ0) is 22.1. The van der Waals surface area contributed by atoms with E-state index in [4.69, 9.17) is 9.47 Å². The maximum absolute atomic E-state index is 12.9. The molecule has 0 saturated heterocycles. The SMILES string of the molecule is O=c1sc2cc(S(=O)(=O)NC[C@@H]3COc4ccccc4O3)ccc2n1Cc1ccccc1. The Morgan fingerprint density at radius 2 is 1.75 bits per heavy atom. The number of hydrogen-bond acceptors (Lipinski definition) is 6. The first-order valence-corrected chi connectivity index (χ1v) is 12.3. The Kier molecular flexibility index (Phi) is 5.46. The van der Waals surface area contributed by atoms with E-state index in [0.717, 1.165) is 16.9 Å². The normalized spacial score (nSPS) is 15.7. The highest BCUT2D eigenvalue weighted by molar-refractivity contribution is 7.89. The summed E-state index contributed by atoms with van der Waals surface area (Å²) in [5.41, 5.74) is 1.72. The van der Waals surface area contributed by atoms with E-state index in [2.05, 4.69) is 4.72 Å². The molecule has 0 spiro atoms. The minimum atomic E-state index is -3.78. The van der Waals surface area contributed by atoms with Gasteiger partial charge in [0.1, 0.15) is 12.7 Å². The van der Waals surface area contributed by atoms with E-state index in [1.807, 2.05) is 42.5 Å². The monoisotopic (exact) mass is 468 g/mol. The molecule has 7 nitrogen and oxygen atoms in total. The van der Waals surface area contributed by atoms with E-state index < -0.39 is 16.1 Å². The molecule has 9 heteroatoms. The van der Waals surface area contributed by atoms with Crippen molar-refractivity contribution in [1.29, 1.82) is 0 Å². The number of ether oxygens (including phenoxy) is 2. The smallest absolute Gasteiger partial charge is 0.308 e. The molecule has 1 atom stereocenters. The summed E-state index contributed by atoms with van der Waals surface area (Å²) in [6.07, 6.45) is -0.439. The Balaban J connectivity index is 1.33. The standard InChI is InChI=1S/C23H20N2O5S2/c26-23-25(14-16-6-2-1-3-7-16)19-11-10-18(12-22(19)31-23)32(27,28)24-13-17-15-29-20-8-4-5-9-21(20)30-17/h1-12,17,24H,13-15H2/t17-/m1/s1. The van der Waals surface area contributed by atoms with Gasteiger partial charge < -0.3 is 9.47 Å². The molecular formula is C23H20N2O5S2. The summed E-state index contributed by atoms with van der Waals surface area (Å²) in [7, 11) is -3.78. The van der Waals surface area contributed by atoms with Crippen LogP contribution in [-0.2, 0) is 16.6 Å². The van der Waals surface area contributed by atoms with Gasteiger partial charge in [0, 0.05) is 0 Å². The van der Waals surface area contributed by atoms with Gasteiger partial charge in [-0.2, -0.15) is 0 Å². The maximum Gasteiger partial charge on any atom is 0.308 e. The fourth-order valence-electron chi connectivity index (χ4n) is 3.58. The van der Waals surface area contributed by atoms with E-state index in [1.165, 1.54) is 6.07 Å². The maximum atomic E-state index is 12.9. The minimum absolute atomic E-state index is 0.0694.